The number of aryl methyl sites for hydroxylation is 3. The highest BCUT2D eigenvalue weighted by atomic mass is 32.1. The van der Waals surface area contributed by atoms with Gasteiger partial charge < -0.3 is 11.1 Å². The summed E-state index contributed by atoms with van der Waals surface area (Å²) in [5.41, 5.74) is 9.44. The van der Waals surface area contributed by atoms with E-state index in [1.165, 1.54) is 6.07 Å². The Balaban J connectivity index is 2.47. The Kier molecular flexibility index (Phi) is 3.99. The number of benzene rings is 1. The smallest absolute Gasteiger partial charge is 0.141 e. The number of hydrogen-bond donors (Lipinski definition) is 2. The molecule has 0 aliphatic rings. The number of rotatable bonds is 3. The van der Waals surface area contributed by atoms with E-state index in [2.05, 4.69) is 10.3 Å². The number of pyridine rings is 1. The molecule has 5 heteroatoms. The van der Waals surface area contributed by atoms with Crippen LogP contribution >= 0.6 is 12.2 Å². The maximum Gasteiger partial charge on any atom is 0.141 e. The fourth-order valence-electron chi connectivity index (χ4n) is 2.05. The minimum absolute atomic E-state index is 0.267. The van der Waals surface area contributed by atoms with E-state index in [9.17, 15) is 4.39 Å². The van der Waals surface area contributed by atoms with Gasteiger partial charge in [0.15, 0.2) is 0 Å². The first kappa shape index (κ1) is 14.4. The van der Waals surface area contributed by atoms with Crippen LogP contribution in [-0.4, -0.2) is 9.97 Å². The second-order valence-corrected chi connectivity index (χ2v) is 5.20. The highest BCUT2D eigenvalue weighted by molar-refractivity contribution is 7.80. The highest BCUT2D eigenvalue weighted by Crippen LogP contribution is 2.23. The molecule has 0 aliphatic heterocycles. The van der Waals surface area contributed by atoms with Gasteiger partial charge in [-0.1, -0.05) is 18.3 Å². The number of hydrogen-bond acceptors (Lipinski definition) is 3. The zero-order chi connectivity index (χ0) is 14.9. The Bertz CT molecular complexity index is 683. The monoisotopic (exact) mass is 289 g/mol. The van der Waals surface area contributed by atoms with Gasteiger partial charge in [-0.25, -0.2) is 9.37 Å². The first-order valence-corrected chi connectivity index (χ1v) is 6.60. The van der Waals surface area contributed by atoms with Crippen LogP contribution in [0, 0.1) is 26.6 Å². The average Bonchev–Trinajstić information content (AvgIpc) is 2.32. The minimum atomic E-state index is -0.267. The number of nitrogens with one attached hydrogen (secondary N) is 1. The molecule has 3 N–H and O–H groups in total. The SMILES string of the molecule is Cc1cc(C)c(C(N)=S)c(Nc2ccc(C)c(F)c2)n1. The van der Waals surface area contributed by atoms with Crippen LogP contribution in [0.4, 0.5) is 15.9 Å². The summed E-state index contributed by atoms with van der Waals surface area (Å²) in [7, 11) is 0. The van der Waals surface area contributed by atoms with Gasteiger partial charge in [0, 0.05) is 11.4 Å². The van der Waals surface area contributed by atoms with Crippen LogP contribution in [0.3, 0.4) is 0 Å². The molecule has 0 radical (unpaired) electrons. The van der Waals surface area contributed by atoms with Crippen LogP contribution in [0.2, 0.25) is 0 Å². The van der Waals surface area contributed by atoms with Gasteiger partial charge in [0.1, 0.15) is 16.6 Å². The fourth-order valence-corrected chi connectivity index (χ4v) is 2.30. The van der Waals surface area contributed by atoms with Gasteiger partial charge in [-0.15, -0.1) is 0 Å². The minimum Gasteiger partial charge on any atom is -0.389 e. The van der Waals surface area contributed by atoms with Crippen LogP contribution < -0.4 is 11.1 Å². The number of halogens is 1. The van der Waals surface area contributed by atoms with Crippen molar-refractivity contribution in [1.29, 1.82) is 0 Å². The normalized spacial score (nSPS) is 10.4. The van der Waals surface area contributed by atoms with E-state index < -0.39 is 0 Å². The van der Waals surface area contributed by atoms with Crippen LogP contribution in [-0.2, 0) is 0 Å². The lowest BCUT2D eigenvalue weighted by atomic mass is 10.1. The van der Waals surface area contributed by atoms with Crippen LogP contribution in [0.1, 0.15) is 22.4 Å². The Hall–Kier alpha value is -2.01. The van der Waals surface area contributed by atoms with Crippen LogP contribution in [0.15, 0.2) is 24.3 Å². The lowest BCUT2D eigenvalue weighted by Crippen LogP contribution is -2.15. The van der Waals surface area contributed by atoms with Gasteiger partial charge >= 0.3 is 0 Å². The number of thiocarbonyl (C=S) groups is 1. The lowest BCUT2D eigenvalue weighted by Gasteiger charge is -2.14. The van der Waals surface area contributed by atoms with Gasteiger partial charge in [0.2, 0.25) is 0 Å². The number of nitrogens with zero attached hydrogens (tertiary/aromatic N) is 1. The molecule has 0 fully saturated rings. The van der Waals surface area contributed by atoms with Crippen molar-refractivity contribution in [3.8, 4) is 0 Å². The third-order valence-electron chi connectivity index (χ3n) is 3.03. The van der Waals surface area contributed by atoms with E-state index in [1.54, 1.807) is 19.1 Å². The standard InChI is InChI=1S/C15H16FN3S/c1-8-4-5-11(7-12(8)16)19-15-13(14(17)20)9(2)6-10(3)18-15/h4-7H,1-3H3,(H2,17,20)(H,18,19). The van der Waals surface area contributed by atoms with Crippen molar-refractivity contribution in [3.63, 3.8) is 0 Å². The number of aromatic nitrogens is 1. The number of nitrogens with two attached hydrogens (primary N) is 1. The van der Waals surface area contributed by atoms with Gasteiger partial charge in [-0.05, 0) is 50.1 Å². The van der Waals surface area contributed by atoms with E-state index in [-0.39, 0.29) is 10.8 Å². The summed E-state index contributed by atoms with van der Waals surface area (Å²) < 4.78 is 13.6. The summed E-state index contributed by atoms with van der Waals surface area (Å²) in [5.74, 6) is 0.287. The molecule has 0 saturated heterocycles. The van der Waals surface area contributed by atoms with Crippen LogP contribution in [0.25, 0.3) is 0 Å². The maximum atomic E-state index is 13.6. The third-order valence-corrected chi connectivity index (χ3v) is 3.23. The number of anilines is 2. The largest absolute Gasteiger partial charge is 0.389 e. The third kappa shape index (κ3) is 2.93. The van der Waals surface area contributed by atoms with Crippen LogP contribution in [0.5, 0.6) is 0 Å². The molecule has 0 aliphatic carbocycles. The topological polar surface area (TPSA) is 50.9 Å². The molecule has 20 heavy (non-hydrogen) atoms. The van der Waals surface area contributed by atoms with E-state index in [0.29, 0.717) is 22.6 Å². The second kappa shape index (κ2) is 5.54. The molecule has 0 saturated carbocycles. The zero-order valence-electron chi connectivity index (χ0n) is 11.6. The molecule has 1 aromatic heterocycles. The lowest BCUT2D eigenvalue weighted by molar-refractivity contribution is 0.619. The van der Waals surface area contributed by atoms with Crippen molar-refractivity contribution in [1.82, 2.24) is 4.98 Å². The molecule has 0 unspecified atom stereocenters. The van der Waals surface area contributed by atoms with Gasteiger partial charge in [0.05, 0.1) is 5.56 Å². The van der Waals surface area contributed by atoms with Gasteiger partial charge in [0.25, 0.3) is 0 Å². The Morgan fingerprint density at radius 1 is 1.20 bits per heavy atom. The summed E-state index contributed by atoms with van der Waals surface area (Å²) in [5, 5.41) is 3.08. The van der Waals surface area contributed by atoms with E-state index in [4.69, 9.17) is 18.0 Å². The Labute approximate surface area is 123 Å². The summed E-state index contributed by atoms with van der Waals surface area (Å²) >= 11 is 5.07. The molecule has 104 valence electrons. The predicted octanol–water partition coefficient (Wildman–Crippen LogP) is 3.52. The average molecular weight is 289 g/mol. The molecule has 1 heterocycles. The summed E-state index contributed by atoms with van der Waals surface area (Å²) in [6.45, 7) is 5.52. The van der Waals surface area contributed by atoms with Gasteiger partial charge in [-0.2, -0.15) is 0 Å². The van der Waals surface area contributed by atoms with Crippen molar-refractivity contribution in [2.75, 3.05) is 5.32 Å². The molecule has 0 spiro atoms. The molecule has 3 nitrogen and oxygen atoms in total. The highest BCUT2D eigenvalue weighted by Gasteiger charge is 2.12. The first-order valence-electron chi connectivity index (χ1n) is 6.19. The molecule has 2 rings (SSSR count). The predicted molar refractivity (Wildman–Crippen MR) is 84.0 cm³/mol. The van der Waals surface area contributed by atoms with Crippen molar-refractivity contribution in [2.45, 2.75) is 20.8 Å². The molecule has 0 bridgehead atoms. The molecular weight excluding hydrogens is 273 g/mol. The maximum absolute atomic E-state index is 13.6. The summed E-state index contributed by atoms with van der Waals surface area (Å²) in [6, 6.07) is 6.84. The Morgan fingerprint density at radius 3 is 2.50 bits per heavy atom. The van der Waals surface area contributed by atoms with E-state index >= 15 is 0 Å². The molecule has 0 atom stereocenters. The first-order chi connectivity index (χ1) is 9.38. The van der Waals surface area contributed by atoms with Crippen molar-refractivity contribution < 1.29 is 4.39 Å². The quantitative estimate of drug-likeness (QED) is 0.849. The van der Waals surface area contributed by atoms with E-state index in [1.807, 2.05) is 19.9 Å². The van der Waals surface area contributed by atoms with Crippen molar-refractivity contribution >= 4 is 28.7 Å². The zero-order valence-corrected chi connectivity index (χ0v) is 12.4. The fraction of sp³-hybridized carbons (Fsp3) is 0.200. The summed E-state index contributed by atoms with van der Waals surface area (Å²) in [4.78, 5) is 4.67. The van der Waals surface area contributed by atoms with Crippen molar-refractivity contribution in [3.05, 3.63) is 52.5 Å². The Morgan fingerprint density at radius 2 is 1.90 bits per heavy atom. The molecule has 2 aromatic rings. The second-order valence-electron chi connectivity index (χ2n) is 4.76. The summed E-state index contributed by atoms with van der Waals surface area (Å²) in [6.07, 6.45) is 0. The van der Waals surface area contributed by atoms with Crippen molar-refractivity contribution in [2.24, 2.45) is 5.73 Å². The van der Waals surface area contributed by atoms with Gasteiger partial charge in [-0.3, -0.25) is 0 Å². The molecule has 1 aromatic carbocycles. The molecular formula is C15H16FN3S. The molecule has 0 amide bonds. The van der Waals surface area contributed by atoms with E-state index in [0.717, 1.165) is 11.3 Å².